The standard InChI is InChI=1S/C18H19ClN2O6S/c1-25-15-6-4-13(8-14(15)19)21(28(2,23)24)10-18(22)20-9-12-3-5-16-17(7-12)27-11-26-16/h3-8H,9-11H2,1-2H3,(H,20,22). The molecule has 1 N–H and O–H groups in total. The van der Waals surface area contributed by atoms with E-state index in [1.54, 1.807) is 24.3 Å². The van der Waals surface area contributed by atoms with Gasteiger partial charge in [0.05, 0.1) is 24.1 Å². The van der Waals surface area contributed by atoms with Crippen LogP contribution in [0.2, 0.25) is 5.02 Å². The fourth-order valence-corrected chi connectivity index (χ4v) is 3.75. The Morgan fingerprint density at radius 1 is 1.21 bits per heavy atom. The highest BCUT2D eigenvalue weighted by Gasteiger charge is 2.22. The number of sulfonamides is 1. The van der Waals surface area contributed by atoms with Gasteiger partial charge in [0, 0.05) is 6.54 Å². The lowest BCUT2D eigenvalue weighted by Crippen LogP contribution is -2.40. The molecular formula is C18H19ClN2O6S. The van der Waals surface area contributed by atoms with Crippen LogP contribution in [0.3, 0.4) is 0 Å². The van der Waals surface area contributed by atoms with Gasteiger partial charge in [0.1, 0.15) is 12.3 Å². The molecule has 0 aliphatic carbocycles. The summed E-state index contributed by atoms with van der Waals surface area (Å²) in [5, 5.41) is 2.95. The number of hydrogen-bond donors (Lipinski definition) is 1. The van der Waals surface area contributed by atoms with E-state index in [0.717, 1.165) is 16.1 Å². The van der Waals surface area contributed by atoms with Crippen LogP contribution in [0.1, 0.15) is 5.56 Å². The van der Waals surface area contributed by atoms with Gasteiger partial charge in [-0.25, -0.2) is 8.42 Å². The number of carbonyl (C=O) groups is 1. The molecule has 0 saturated heterocycles. The van der Waals surface area contributed by atoms with E-state index >= 15 is 0 Å². The lowest BCUT2D eigenvalue weighted by molar-refractivity contribution is -0.119. The van der Waals surface area contributed by atoms with E-state index in [-0.39, 0.29) is 30.6 Å². The van der Waals surface area contributed by atoms with Crippen molar-refractivity contribution in [2.75, 3.05) is 31.0 Å². The molecule has 2 aromatic carbocycles. The second-order valence-electron chi connectivity index (χ2n) is 6.05. The van der Waals surface area contributed by atoms with Gasteiger partial charge in [-0.3, -0.25) is 9.10 Å². The van der Waals surface area contributed by atoms with Gasteiger partial charge in [0.15, 0.2) is 11.5 Å². The Hall–Kier alpha value is -2.65. The fraction of sp³-hybridized carbons (Fsp3) is 0.278. The number of nitrogens with zero attached hydrogens (tertiary/aromatic N) is 1. The van der Waals surface area contributed by atoms with Crippen molar-refractivity contribution in [2.24, 2.45) is 0 Å². The number of anilines is 1. The predicted octanol–water partition coefficient (Wildman–Crippen LogP) is 2.16. The molecule has 0 saturated carbocycles. The molecule has 0 spiro atoms. The van der Waals surface area contributed by atoms with Gasteiger partial charge in [-0.05, 0) is 35.9 Å². The van der Waals surface area contributed by atoms with Crippen molar-refractivity contribution in [1.82, 2.24) is 5.32 Å². The maximum Gasteiger partial charge on any atom is 0.241 e. The van der Waals surface area contributed by atoms with Gasteiger partial charge >= 0.3 is 0 Å². The molecule has 0 atom stereocenters. The van der Waals surface area contributed by atoms with Crippen LogP contribution in [0.4, 0.5) is 5.69 Å². The summed E-state index contributed by atoms with van der Waals surface area (Å²) in [6.45, 7) is 0.00136. The zero-order chi connectivity index (χ0) is 20.3. The van der Waals surface area contributed by atoms with Gasteiger partial charge in [-0.15, -0.1) is 0 Å². The van der Waals surface area contributed by atoms with Crippen molar-refractivity contribution in [1.29, 1.82) is 0 Å². The highest BCUT2D eigenvalue weighted by Crippen LogP contribution is 2.32. The molecule has 8 nitrogen and oxygen atoms in total. The van der Waals surface area contributed by atoms with Crippen molar-refractivity contribution in [3.05, 3.63) is 47.0 Å². The van der Waals surface area contributed by atoms with Crippen LogP contribution in [0, 0.1) is 0 Å². The summed E-state index contributed by atoms with van der Waals surface area (Å²) in [4.78, 5) is 12.4. The third kappa shape index (κ3) is 4.60. The maximum absolute atomic E-state index is 12.4. The average Bonchev–Trinajstić information content (AvgIpc) is 3.11. The van der Waals surface area contributed by atoms with E-state index in [0.29, 0.717) is 17.2 Å². The number of methoxy groups -OCH3 is 1. The Labute approximate surface area is 168 Å². The first-order chi connectivity index (χ1) is 13.3. The van der Waals surface area contributed by atoms with Crippen LogP contribution in [0.5, 0.6) is 17.2 Å². The molecule has 0 fully saturated rings. The summed E-state index contributed by atoms with van der Waals surface area (Å²) in [5.41, 5.74) is 1.07. The number of hydrogen-bond acceptors (Lipinski definition) is 6. The van der Waals surface area contributed by atoms with Crippen LogP contribution in [-0.4, -0.2) is 41.0 Å². The molecule has 0 bridgehead atoms. The van der Waals surface area contributed by atoms with E-state index in [2.05, 4.69) is 5.32 Å². The third-order valence-electron chi connectivity index (χ3n) is 4.04. The zero-order valence-electron chi connectivity index (χ0n) is 15.3. The molecule has 0 unspecified atom stereocenters. The van der Waals surface area contributed by atoms with Crippen molar-refractivity contribution in [3.63, 3.8) is 0 Å². The number of carbonyl (C=O) groups excluding carboxylic acids is 1. The summed E-state index contributed by atoms with van der Waals surface area (Å²) < 4.78 is 40.9. The number of fused-ring (bicyclic) bond motifs is 1. The molecule has 3 rings (SSSR count). The van der Waals surface area contributed by atoms with Gasteiger partial charge in [0.25, 0.3) is 0 Å². The Kier molecular flexibility index (Phi) is 5.85. The molecular weight excluding hydrogens is 408 g/mol. The smallest absolute Gasteiger partial charge is 0.241 e. The summed E-state index contributed by atoms with van der Waals surface area (Å²) in [7, 11) is -2.25. The Balaban J connectivity index is 1.69. The minimum atomic E-state index is -3.70. The lowest BCUT2D eigenvalue weighted by Gasteiger charge is -2.22. The zero-order valence-corrected chi connectivity index (χ0v) is 16.8. The first kappa shape index (κ1) is 20.1. The van der Waals surface area contributed by atoms with Crippen molar-refractivity contribution in [3.8, 4) is 17.2 Å². The van der Waals surface area contributed by atoms with E-state index in [4.69, 9.17) is 25.8 Å². The topological polar surface area (TPSA) is 94.2 Å². The molecule has 1 amide bonds. The van der Waals surface area contributed by atoms with Gasteiger partial charge in [0.2, 0.25) is 22.7 Å². The number of halogens is 1. The van der Waals surface area contributed by atoms with Gasteiger partial charge in [-0.2, -0.15) is 0 Å². The number of benzene rings is 2. The quantitative estimate of drug-likeness (QED) is 0.729. The number of ether oxygens (including phenoxy) is 3. The summed E-state index contributed by atoms with van der Waals surface area (Å²) in [6.07, 6.45) is 1.02. The van der Waals surface area contributed by atoms with Crippen LogP contribution >= 0.6 is 11.6 Å². The van der Waals surface area contributed by atoms with Crippen LogP contribution in [-0.2, 0) is 21.4 Å². The monoisotopic (exact) mass is 426 g/mol. The number of amides is 1. The van der Waals surface area contributed by atoms with Crippen molar-refractivity contribution < 1.29 is 27.4 Å². The second kappa shape index (κ2) is 8.15. The van der Waals surface area contributed by atoms with E-state index < -0.39 is 15.9 Å². The van der Waals surface area contributed by atoms with E-state index in [1.807, 2.05) is 0 Å². The highest BCUT2D eigenvalue weighted by atomic mass is 35.5. The number of rotatable bonds is 7. The molecule has 1 aliphatic heterocycles. The molecule has 10 heteroatoms. The highest BCUT2D eigenvalue weighted by molar-refractivity contribution is 7.92. The molecule has 2 aromatic rings. The van der Waals surface area contributed by atoms with Crippen LogP contribution in [0.15, 0.2) is 36.4 Å². The average molecular weight is 427 g/mol. The molecule has 1 aliphatic rings. The molecule has 1 heterocycles. The van der Waals surface area contributed by atoms with Gasteiger partial charge in [-0.1, -0.05) is 17.7 Å². The van der Waals surface area contributed by atoms with E-state index in [9.17, 15) is 13.2 Å². The normalized spacial score (nSPS) is 12.5. The first-order valence-electron chi connectivity index (χ1n) is 8.24. The van der Waals surface area contributed by atoms with Crippen LogP contribution in [0.25, 0.3) is 0 Å². The predicted molar refractivity (Wildman–Crippen MR) is 105 cm³/mol. The number of nitrogens with one attached hydrogen (secondary N) is 1. The molecule has 150 valence electrons. The molecule has 28 heavy (non-hydrogen) atoms. The third-order valence-corrected chi connectivity index (χ3v) is 5.47. The Morgan fingerprint density at radius 2 is 1.96 bits per heavy atom. The second-order valence-corrected chi connectivity index (χ2v) is 8.37. The Bertz CT molecular complexity index is 996. The summed E-state index contributed by atoms with van der Waals surface area (Å²) in [5.74, 6) is 1.20. The van der Waals surface area contributed by atoms with Crippen LogP contribution < -0.4 is 23.8 Å². The SMILES string of the molecule is COc1ccc(N(CC(=O)NCc2ccc3c(c2)OCO3)S(C)(=O)=O)cc1Cl. The summed E-state index contributed by atoms with van der Waals surface area (Å²) in [6, 6.07) is 9.82. The summed E-state index contributed by atoms with van der Waals surface area (Å²) >= 11 is 6.08. The largest absolute Gasteiger partial charge is 0.495 e. The maximum atomic E-state index is 12.4. The minimum absolute atomic E-state index is 0.166. The Morgan fingerprint density at radius 3 is 2.64 bits per heavy atom. The lowest BCUT2D eigenvalue weighted by atomic mass is 10.2. The van der Waals surface area contributed by atoms with Crippen molar-refractivity contribution in [2.45, 2.75) is 6.54 Å². The fourth-order valence-electron chi connectivity index (χ4n) is 2.65. The van der Waals surface area contributed by atoms with Crippen molar-refractivity contribution >= 4 is 33.2 Å². The molecule has 0 aromatic heterocycles. The molecule has 0 radical (unpaired) electrons. The van der Waals surface area contributed by atoms with Gasteiger partial charge < -0.3 is 19.5 Å². The van der Waals surface area contributed by atoms with E-state index in [1.165, 1.54) is 19.2 Å². The first-order valence-corrected chi connectivity index (χ1v) is 10.5. The minimum Gasteiger partial charge on any atom is -0.495 e.